The number of aromatic hydroxyl groups is 1. The van der Waals surface area contributed by atoms with Crippen LogP contribution in [0.3, 0.4) is 0 Å². The number of carbonyl (C=O) groups is 3. The van der Waals surface area contributed by atoms with Crippen LogP contribution in [-0.4, -0.2) is 56.4 Å². The van der Waals surface area contributed by atoms with E-state index in [1.165, 1.54) is 30.3 Å². The first-order valence-electron chi connectivity index (χ1n) is 13.1. The summed E-state index contributed by atoms with van der Waals surface area (Å²) < 4.78 is 5.76. The maximum Gasteiger partial charge on any atom is 0.336 e. The van der Waals surface area contributed by atoms with E-state index in [1.54, 1.807) is 30.3 Å². The fraction of sp³-hybridized carbons (Fsp3) is 0.267. The minimum atomic E-state index is -1.04. The van der Waals surface area contributed by atoms with E-state index >= 15 is 0 Å². The highest BCUT2D eigenvalue weighted by Crippen LogP contribution is 2.41. The molecule has 2 fully saturated rings. The molecule has 2 aromatic rings. The number of rotatable bonds is 7. The van der Waals surface area contributed by atoms with E-state index in [-0.39, 0.29) is 41.3 Å². The predicted molar refractivity (Wildman–Crippen MR) is 155 cm³/mol. The smallest absolute Gasteiger partial charge is 0.336 e. The first-order valence-corrected chi connectivity index (χ1v) is 14.2. The van der Waals surface area contributed by atoms with Gasteiger partial charge in [-0.2, -0.15) is 11.8 Å². The zero-order chi connectivity index (χ0) is 29.1. The van der Waals surface area contributed by atoms with Crippen LogP contribution in [0.4, 0.5) is 4.79 Å². The number of aromatic carboxylic acids is 1. The number of carbonyl (C=O) groups excluding carboxylic acids is 1. The van der Waals surface area contributed by atoms with Crippen molar-refractivity contribution >= 4 is 40.7 Å². The number of fused-ring (bicyclic) bond motifs is 3. The number of phenolic OH excluding ortho intramolecular Hbond substituents is 1. The molecule has 3 heterocycles. The summed E-state index contributed by atoms with van der Waals surface area (Å²) in [6.45, 7) is 0. The van der Waals surface area contributed by atoms with Crippen LogP contribution in [0.25, 0.3) is 33.4 Å². The van der Waals surface area contributed by atoms with Crippen LogP contribution >= 0.6 is 11.8 Å². The summed E-state index contributed by atoms with van der Waals surface area (Å²) in [5, 5.41) is 34.7. The molecule has 2 aromatic carbocycles. The molecule has 3 atom stereocenters. The maximum atomic E-state index is 11.7. The van der Waals surface area contributed by atoms with Crippen LogP contribution in [0.5, 0.6) is 5.75 Å². The Balaban J connectivity index is 0.000000182. The number of carboxylic acid groups (broad SMARTS) is 2. The monoisotopic (exact) mass is 576 g/mol. The lowest BCUT2D eigenvalue weighted by Gasteiger charge is -2.16. The number of hydrogen-bond acceptors (Lipinski definition) is 7. The zero-order valence-electron chi connectivity index (χ0n) is 21.8. The van der Waals surface area contributed by atoms with Gasteiger partial charge in [0, 0.05) is 46.1 Å². The van der Waals surface area contributed by atoms with Crippen LogP contribution in [0.2, 0.25) is 0 Å². The van der Waals surface area contributed by atoms with E-state index in [9.17, 15) is 29.4 Å². The average Bonchev–Trinajstić information content (AvgIpc) is 3.49. The largest absolute Gasteiger partial charge is 0.508 e. The van der Waals surface area contributed by atoms with Gasteiger partial charge in [0.05, 0.1) is 17.6 Å². The minimum Gasteiger partial charge on any atom is -0.508 e. The molecule has 4 aliphatic rings. The van der Waals surface area contributed by atoms with Gasteiger partial charge in [-0.05, 0) is 48.7 Å². The first-order chi connectivity index (χ1) is 19.7. The Kier molecular flexibility index (Phi) is 8.16. The number of urea groups is 1. The highest BCUT2D eigenvalue weighted by molar-refractivity contribution is 8.00. The summed E-state index contributed by atoms with van der Waals surface area (Å²) in [4.78, 5) is 44.8. The van der Waals surface area contributed by atoms with E-state index < -0.39 is 11.9 Å². The van der Waals surface area contributed by atoms with Gasteiger partial charge in [-0.1, -0.05) is 24.6 Å². The lowest BCUT2D eigenvalue weighted by Crippen LogP contribution is -2.36. The fourth-order valence-electron chi connectivity index (χ4n) is 5.30. The van der Waals surface area contributed by atoms with Crippen LogP contribution < -0.4 is 16.1 Å². The molecule has 0 unspecified atom stereocenters. The molecule has 0 aromatic heterocycles. The van der Waals surface area contributed by atoms with Crippen LogP contribution in [0.15, 0.2) is 69.9 Å². The Hall–Kier alpha value is -4.51. The normalized spacial score (nSPS) is 19.2. The van der Waals surface area contributed by atoms with Crippen LogP contribution in [0.1, 0.15) is 36.0 Å². The van der Waals surface area contributed by atoms with E-state index in [1.807, 2.05) is 11.8 Å². The average molecular weight is 577 g/mol. The standard InChI is InChI=1S/C20H12O5.C10H16N2O3S/c21-11-5-7-15-17(9-11)25-18-10-12(22)6-8-16(18)19(15)13-3-1-2-4-14(13)20(23)24;13-8(14)4-2-1-3-7-9-6(5-16-7)11-10(15)12-9/h1-10,21H,(H,23,24);6-7,9H,1-5H2,(H,13,14)(H2,11,12,15)/t;6-,7-,9-/m.0/s1. The second-order valence-electron chi connectivity index (χ2n) is 9.93. The summed E-state index contributed by atoms with van der Waals surface area (Å²) in [7, 11) is 0. The zero-order valence-corrected chi connectivity index (χ0v) is 22.6. The van der Waals surface area contributed by atoms with Gasteiger partial charge in [0.15, 0.2) is 5.43 Å². The quantitative estimate of drug-likeness (QED) is 0.118. The fourth-order valence-corrected chi connectivity index (χ4v) is 6.85. The Bertz CT molecular complexity index is 1650. The van der Waals surface area contributed by atoms with E-state index in [4.69, 9.17) is 9.52 Å². The second-order valence-corrected chi connectivity index (χ2v) is 11.2. The predicted octanol–water partition coefficient (Wildman–Crippen LogP) is 4.77. The first kappa shape index (κ1) is 28.0. The summed E-state index contributed by atoms with van der Waals surface area (Å²) in [6.07, 6.45) is 2.88. The molecule has 41 heavy (non-hydrogen) atoms. The molecule has 10 nitrogen and oxygen atoms in total. The van der Waals surface area contributed by atoms with Gasteiger partial charge in [0.2, 0.25) is 0 Å². The van der Waals surface area contributed by atoms with Gasteiger partial charge in [0.25, 0.3) is 0 Å². The van der Waals surface area contributed by atoms with Gasteiger partial charge < -0.3 is 30.4 Å². The Labute approximate surface area is 238 Å². The number of phenols is 1. The Morgan fingerprint density at radius 3 is 2.54 bits per heavy atom. The highest BCUT2D eigenvalue weighted by Gasteiger charge is 2.42. The molecule has 6 rings (SSSR count). The van der Waals surface area contributed by atoms with Crippen molar-refractivity contribution in [2.24, 2.45) is 0 Å². The van der Waals surface area contributed by atoms with Gasteiger partial charge >= 0.3 is 18.0 Å². The van der Waals surface area contributed by atoms with Crippen molar-refractivity contribution in [3.05, 3.63) is 76.5 Å². The highest BCUT2D eigenvalue weighted by atomic mass is 32.2. The van der Waals surface area contributed by atoms with Crippen molar-refractivity contribution in [1.29, 1.82) is 0 Å². The van der Waals surface area contributed by atoms with E-state index in [0.29, 0.717) is 38.7 Å². The van der Waals surface area contributed by atoms with Gasteiger partial charge in [-0.25, -0.2) is 9.59 Å². The van der Waals surface area contributed by atoms with Crippen molar-refractivity contribution < 1.29 is 34.1 Å². The van der Waals surface area contributed by atoms with Crippen molar-refractivity contribution in [1.82, 2.24) is 10.6 Å². The molecule has 1 aliphatic carbocycles. The summed E-state index contributed by atoms with van der Waals surface area (Å²) in [5.74, 6) is -0.454. The number of unbranched alkanes of at least 4 members (excludes halogenated alkanes) is 1. The SMILES string of the molecule is O=C(O)CCCC[C@@H]1SC[C@@H]2NC(=O)N[C@@H]21.O=C(O)c1ccccc1-c1c2ccc(=O)cc-2oc2cc(O)ccc12. The van der Waals surface area contributed by atoms with Gasteiger partial charge in [-0.3, -0.25) is 9.59 Å². The number of benzene rings is 3. The molecule has 2 amide bonds. The van der Waals surface area contributed by atoms with Crippen molar-refractivity contribution in [2.75, 3.05) is 5.75 Å². The van der Waals surface area contributed by atoms with E-state index in [0.717, 1.165) is 25.0 Å². The van der Waals surface area contributed by atoms with Gasteiger partial charge in [-0.15, -0.1) is 0 Å². The van der Waals surface area contributed by atoms with Crippen molar-refractivity contribution in [3.8, 4) is 28.2 Å². The third-order valence-corrected chi connectivity index (χ3v) is 8.68. The molecule has 0 spiro atoms. The molecule has 3 aliphatic heterocycles. The lowest BCUT2D eigenvalue weighted by molar-refractivity contribution is -0.137. The van der Waals surface area contributed by atoms with Gasteiger partial charge in [0.1, 0.15) is 17.1 Å². The summed E-state index contributed by atoms with van der Waals surface area (Å²) in [5.41, 5.74) is 2.10. The molecule has 5 N–H and O–H groups in total. The van der Waals surface area contributed by atoms with Crippen molar-refractivity contribution in [2.45, 2.75) is 43.0 Å². The maximum absolute atomic E-state index is 11.7. The number of nitrogens with one attached hydrogen (secondary N) is 2. The third kappa shape index (κ3) is 6.14. The Morgan fingerprint density at radius 2 is 1.76 bits per heavy atom. The summed E-state index contributed by atoms with van der Waals surface area (Å²) in [6, 6.07) is 16.1. The second kappa shape index (κ2) is 11.9. The number of thioether (sulfide) groups is 1. The number of carboxylic acids is 2. The molecular weight excluding hydrogens is 548 g/mol. The number of aliphatic carboxylic acids is 1. The minimum absolute atomic E-state index is 0.0198. The molecule has 11 heteroatoms. The van der Waals surface area contributed by atoms with E-state index in [2.05, 4.69) is 10.6 Å². The number of hydrogen-bond donors (Lipinski definition) is 5. The molecular formula is C30H28N2O8S. The molecule has 2 saturated heterocycles. The molecule has 0 saturated carbocycles. The topological polar surface area (TPSA) is 166 Å². The van der Waals surface area contributed by atoms with Crippen LogP contribution in [0, 0.1) is 0 Å². The molecule has 212 valence electrons. The third-order valence-electron chi connectivity index (χ3n) is 7.17. The van der Waals surface area contributed by atoms with Crippen molar-refractivity contribution in [3.63, 3.8) is 0 Å². The Morgan fingerprint density at radius 1 is 0.951 bits per heavy atom. The van der Waals surface area contributed by atoms with Crippen LogP contribution in [-0.2, 0) is 4.79 Å². The molecule has 0 bridgehead atoms. The summed E-state index contributed by atoms with van der Waals surface area (Å²) >= 11 is 1.87. The number of amides is 2. The lowest BCUT2D eigenvalue weighted by atomic mass is 9.91. The molecule has 0 radical (unpaired) electrons.